The van der Waals surface area contributed by atoms with Crippen LogP contribution in [0.4, 0.5) is 5.69 Å². The Kier molecular flexibility index (Phi) is 8.36. The zero-order chi connectivity index (χ0) is 27.4. The zero-order valence-corrected chi connectivity index (χ0v) is 23.6. The normalized spacial score (nSPS) is 14.2. The molecular weight excluding hydrogens is 529 g/mol. The molecular formula is C31H31Cl2N5O. The van der Waals surface area contributed by atoms with Crippen LogP contribution in [0.1, 0.15) is 32.9 Å². The summed E-state index contributed by atoms with van der Waals surface area (Å²) in [6.45, 7) is 8.90. The number of carbonyl (C=O) groups excluding carboxylic acids is 1. The Balaban J connectivity index is 1.15. The Bertz CT molecular complexity index is 1470. The van der Waals surface area contributed by atoms with E-state index in [1.165, 1.54) is 11.3 Å². The molecule has 2 heterocycles. The number of piperazine rings is 1. The maximum Gasteiger partial charge on any atom is 0.271 e. The average Bonchev–Trinajstić information content (AvgIpc) is 3.22. The van der Waals surface area contributed by atoms with Gasteiger partial charge in [0, 0.05) is 65.9 Å². The van der Waals surface area contributed by atoms with Crippen LogP contribution in [-0.2, 0) is 6.54 Å². The van der Waals surface area contributed by atoms with Gasteiger partial charge in [0.05, 0.1) is 16.9 Å². The van der Waals surface area contributed by atoms with Crippen LogP contribution in [0.15, 0.2) is 84.0 Å². The van der Waals surface area contributed by atoms with Crippen molar-refractivity contribution in [2.75, 3.05) is 31.1 Å². The molecule has 0 radical (unpaired) electrons. The molecule has 1 aliphatic rings. The first-order chi connectivity index (χ1) is 18.9. The molecule has 0 atom stereocenters. The molecule has 0 aliphatic carbocycles. The summed E-state index contributed by atoms with van der Waals surface area (Å²) >= 11 is 12.5. The van der Waals surface area contributed by atoms with Crippen LogP contribution in [0.3, 0.4) is 0 Å². The Hall–Kier alpha value is -3.58. The van der Waals surface area contributed by atoms with Gasteiger partial charge in [-0.3, -0.25) is 9.69 Å². The number of carbonyl (C=O) groups is 1. The summed E-state index contributed by atoms with van der Waals surface area (Å²) in [5.74, 6) is -0.246. The maximum atomic E-state index is 12.7. The van der Waals surface area contributed by atoms with Gasteiger partial charge in [0.25, 0.3) is 5.91 Å². The van der Waals surface area contributed by atoms with Crippen LogP contribution in [0.25, 0.3) is 5.69 Å². The van der Waals surface area contributed by atoms with E-state index in [0.717, 1.165) is 55.4 Å². The average molecular weight is 561 g/mol. The third-order valence-corrected chi connectivity index (χ3v) is 7.64. The Morgan fingerprint density at radius 2 is 1.64 bits per heavy atom. The summed E-state index contributed by atoms with van der Waals surface area (Å²) in [6.07, 6.45) is 1.66. The number of amides is 1. The molecule has 0 bridgehead atoms. The Morgan fingerprint density at radius 3 is 2.33 bits per heavy atom. The first-order valence-corrected chi connectivity index (χ1v) is 13.7. The summed E-state index contributed by atoms with van der Waals surface area (Å²) in [6, 6.07) is 25.7. The van der Waals surface area contributed by atoms with Gasteiger partial charge in [0.15, 0.2) is 0 Å². The fourth-order valence-corrected chi connectivity index (χ4v) is 5.49. The van der Waals surface area contributed by atoms with Crippen molar-refractivity contribution >= 4 is 41.0 Å². The topological polar surface area (TPSA) is 52.9 Å². The van der Waals surface area contributed by atoms with Crippen molar-refractivity contribution in [1.82, 2.24) is 14.9 Å². The van der Waals surface area contributed by atoms with Crippen molar-refractivity contribution in [3.8, 4) is 5.69 Å². The molecule has 200 valence electrons. The van der Waals surface area contributed by atoms with Crippen molar-refractivity contribution in [1.29, 1.82) is 0 Å². The number of para-hydroxylation sites is 1. The minimum absolute atomic E-state index is 0.246. The summed E-state index contributed by atoms with van der Waals surface area (Å²) < 4.78 is 2.04. The molecule has 8 heteroatoms. The number of hydrogen-bond acceptors (Lipinski definition) is 4. The van der Waals surface area contributed by atoms with Gasteiger partial charge in [-0.2, -0.15) is 5.10 Å². The highest BCUT2D eigenvalue weighted by atomic mass is 35.5. The van der Waals surface area contributed by atoms with Crippen LogP contribution in [0.5, 0.6) is 0 Å². The van der Waals surface area contributed by atoms with Crippen LogP contribution in [-0.4, -0.2) is 47.8 Å². The van der Waals surface area contributed by atoms with Gasteiger partial charge in [-0.25, -0.2) is 5.43 Å². The largest absolute Gasteiger partial charge is 0.369 e. The number of anilines is 1. The van der Waals surface area contributed by atoms with Crippen LogP contribution < -0.4 is 10.3 Å². The molecule has 1 fully saturated rings. The van der Waals surface area contributed by atoms with E-state index in [-0.39, 0.29) is 5.91 Å². The van der Waals surface area contributed by atoms with Crippen LogP contribution in [0.2, 0.25) is 10.0 Å². The lowest BCUT2D eigenvalue weighted by Gasteiger charge is -2.36. The number of hydrogen-bond donors (Lipinski definition) is 1. The quantitative estimate of drug-likeness (QED) is 0.208. The number of halogens is 2. The maximum absolute atomic E-state index is 12.7. The number of benzene rings is 3. The summed E-state index contributed by atoms with van der Waals surface area (Å²) in [7, 11) is 0. The second-order valence-corrected chi connectivity index (χ2v) is 10.6. The predicted molar refractivity (Wildman–Crippen MR) is 161 cm³/mol. The molecule has 39 heavy (non-hydrogen) atoms. The van der Waals surface area contributed by atoms with Gasteiger partial charge in [0.2, 0.25) is 0 Å². The van der Waals surface area contributed by atoms with Gasteiger partial charge < -0.3 is 9.47 Å². The van der Waals surface area contributed by atoms with Gasteiger partial charge >= 0.3 is 0 Å². The molecule has 0 unspecified atom stereocenters. The molecule has 1 N–H and O–H groups in total. The molecule has 1 aromatic heterocycles. The highest BCUT2D eigenvalue weighted by molar-refractivity contribution is 6.35. The number of aryl methyl sites for hydroxylation is 1. The highest BCUT2D eigenvalue weighted by Gasteiger charge is 2.17. The van der Waals surface area contributed by atoms with Gasteiger partial charge in [0.1, 0.15) is 0 Å². The summed E-state index contributed by atoms with van der Waals surface area (Å²) in [4.78, 5) is 17.6. The number of rotatable bonds is 7. The SMILES string of the molecule is Cc1cc(/C=N\NC(=O)c2ccc(CN3CCN(c4ccccc4)CC3)cc2)c(C)n1-c1ccc(Cl)cc1Cl. The van der Waals surface area contributed by atoms with E-state index in [0.29, 0.717) is 15.6 Å². The third kappa shape index (κ3) is 6.36. The van der Waals surface area contributed by atoms with Crippen molar-refractivity contribution < 1.29 is 4.79 Å². The molecule has 5 rings (SSSR count). The number of nitrogens with one attached hydrogen (secondary N) is 1. The minimum Gasteiger partial charge on any atom is -0.369 e. The Morgan fingerprint density at radius 1 is 0.923 bits per heavy atom. The molecule has 3 aromatic carbocycles. The minimum atomic E-state index is -0.246. The second kappa shape index (κ2) is 12.1. The number of nitrogens with zero attached hydrogens (tertiary/aromatic N) is 4. The number of hydrazone groups is 1. The monoisotopic (exact) mass is 559 g/mol. The van der Waals surface area contributed by atoms with Gasteiger partial charge in [-0.15, -0.1) is 0 Å². The third-order valence-electron chi connectivity index (χ3n) is 7.11. The smallest absolute Gasteiger partial charge is 0.271 e. The fraction of sp³-hybridized carbons (Fsp3) is 0.226. The first-order valence-electron chi connectivity index (χ1n) is 13.0. The Labute approximate surface area is 239 Å². The molecule has 1 amide bonds. The van der Waals surface area contributed by atoms with Crippen molar-refractivity contribution in [2.45, 2.75) is 20.4 Å². The number of aromatic nitrogens is 1. The second-order valence-electron chi connectivity index (χ2n) is 9.75. The van der Waals surface area contributed by atoms with Crippen molar-refractivity contribution in [3.05, 3.63) is 117 Å². The van der Waals surface area contributed by atoms with Crippen molar-refractivity contribution in [3.63, 3.8) is 0 Å². The zero-order valence-electron chi connectivity index (χ0n) is 22.1. The van der Waals surface area contributed by atoms with E-state index in [1.807, 2.05) is 60.9 Å². The van der Waals surface area contributed by atoms with Gasteiger partial charge in [-0.1, -0.05) is 53.5 Å². The van der Waals surface area contributed by atoms with Crippen molar-refractivity contribution in [2.24, 2.45) is 5.10 Å². The molecule has 1 saturated heterocycles. The van der Waals surface area contributed by atoms with E-state index in [4.69, 9.17) is 23.2 Å². The molecule has 1 aliphatic heterocycles. The first kappa shape index (κ1) is 27.0. The summed E-state index contributed by atoms with van der Waals surface area (Å²) in [5.41, 5.74) is 9.39. The van der Waals surface area contributed by atoms with Crippen LogP contribution in [0, 0.1) is 13.8 Å². The lowest BCUT2D eigenvalue weighted by atomic mass is 10.1. The summed E-state index contributed by atoms with van der Waals surface area (Å²) in [5, 5.41) is 5.36. The van der Waals surface area contributed by atoms with E-state index in [2.05, 4.69) is 50.7 Å². The lowest BCUT2D eigenvalue weighted by Crippen LogP contribution is -2.45. The standard InChI is InChI=1S/C31H31Cl2N5O/c1-22-18-26(23(2)38(22)30-13-12-27(32)19-29(30)33)20-34-35-31(39)25-10-8-24(9-11-25)21-36-14-16-37(17-15-36)28-6-4-3-5-7-28/h3-13,18-20H,14-17,21H2,1-2H3,(H,35,39)/b34-20-. The highest BCUT2D eigenvalue weighted by Crippen LogP contribution is 2.28. The van der Waals surface area contributed by atoms with E-state index < -0.39 is 0 Å². The predicted octanol–water partition coefficient (Wildman–Crippen LogP) is 6.49. The lowest BCUT2D eigenvalue weighted by molar-refractivity contribution is 0.0955. The molecule has 0 spiro atoms. The molecule has 0 saturated carbocycles. The van der Waals surface area contributed by atoms with E-state index in [9.17, 15) is 4.79 Å². The molecule has 6 nitrogen and oxygen atoms in total. The van der Waals surface area contributed by atoms with Gasteiger partial charge in [-0.05, 0) is 67.9 Å². The van der Waals surface area contributed by atoms with E-state index in [1.54, 1.807) is 12.3 Å². The molecule has 4 aromatic rings. The fourth-order valence-electron chi connectivity index (χ4n) is 5.00. The van der Waals surface area contributed by atoms with Crippen LogP contribution >= 0.6 is 23.2 Å². The van der Waals surface area contributed by atoms with E-state index >= 15 is 0 Å².